The second-order valence-corrected chi connectivity index (χ2v) is 5.74. The number of carbonyl (C=O) groups excluding carboxylic acids is 1. The summed E-state index contributed by atoms with van der Waals surface area (Å²) < 4.78 is 5.75. The molecule has 1 aromatic carbocycles. The van der Waals surface area contributed by atoms with Gasteiger partial charge < -0.3 is 15.4 Å². The Kier molecular flexibility index (Phi) is 5.62. The third kappa shape index (κ3) is 3.96. The summed E-state index contributed by atoms with van der Waals surface area (Å²) in [5, 5.41) is 0. The first-order valence-electron chi connectivity index (χ1n) is 7.48. The topological polar surface area (TPSA) is 55.6 Å². The first-order valence-corrected chi connectivity index (χ1v) is 7.48. The van der Waals surface area contributed by atoms with Gasteiger partial charge in [0.05, 0.1) is 6.10 Å². The second kappa shape index (κ2) is 7.25. The molecule has 1 heterocycles. The molecule has 1 saturated carbocycles. The summed E-state index contributed by atoms with van der Waals surface area (Å²) in [6.45, 7) is 1.20. The standard InChI is InChI=1S/C16H22N2O2.ClH/c17-10-14-8-9-15(20-14)16(19)18(13-6-7-13)11-12-4-2-1-3-5-12;/h1-5,13-15H,6-11,17H2;1H/t14-,15+;/m1./s1. The quantitative estimate of drug-likeness (QED) is 0.906. The normalized spacial score (nSPS) is 24.4. The van der Waals surface area contributed by atoms with Crippen molar-refractivity contribution in [3.63, 3.8) is 0 Å². The molecule has 0 spiro atoms. The van der Waals surface area contributed by atoms with Crippen LogP contribution >= 0.6 is 12.4 Å². The van der Waals surface area contributed by atoms with Gasteiger partial charge in [-0.1, -0.05) is 30.3 Å². The Morgan fingerprint density at radius 2 is 1.90 bits per heavy atom. The lowest BCUT2D eigenvalue weighted by atomic mass is 10.1. The molecule has 1 aromatic rings. The van der Waals surface area contributed by atoms with Gasteiger partial charge in [-0.2, -0.15) is 0 Å². The van der Waals surface area contributed by atoms with Gasteiger partial charge in [0.1, 0.15) is 6.10 Å². The zero-order chi connectivity index (χ0) is 13.9. The van der Waals surface area contributed by atoms with Crippen molar-refractivity contribution >= 4 is 18.3 Å². The van der Waals surface area contributed by atoms with Gasteiger partial charge in [0.25, 0.3) is 5.91 Å². The van der Waals surface area contributed by atoms with Crippen LogP contribution in [-0.2, 0) is 16.1 Å². The van der Waals surface area contributed by atoms with E-state index < -0.39 is 0 Å². The molecule has 0 aromatic heterocycles. The van der Waals surface area contributed by atoms with E-state index in [0.717, 1.165) is 25.7 Å². The van der Waals surface area contributed by atoms with Gasteiger partial charge in [-0.3, -0.25) is 4.79 Å². The van der Waals surface area contributed by atoms with Gasteiger partial charge in [0, 0.05) is 19.1 Å². The number of nitrogens with zero attached hydrogens (tertiary/aromatic N) is 1. The van der Waals surface area contributed by atoms with Crippen molar-refractivity contribution in [1.82, 2.24) is 4.90 Å². The Morgan fingerprint density at radius 1 is 1.19 bits per heavy atom. The molecule has 0 radical (unpaired) electrons. The zero-order valence-electron chi connectivity index (χ0n) is 12.1. The maximum absolute atomic E-state index is 12.7. The predicted molar refractivity (Wildman–Crippen MR) is 84.2 cm³/mol. The average Bonchev–Trinajstić information content (AvgIpc) is 3.21. The first kappa shape index (κ1) is 16.3. The lowest BCUT2D eigenvalue weighted by Crippen LogP contribution is -2.40. The highest BCUT2D eigenvalue weighted by Gasteiger charge is 2.39. The van der Waals surface area contributed by atoms with Gasteiger partial charge >= 0.3 is 0 Å². The Morgan fingerprint density at radius 3 is 2.48 bits per heavy atom. The Bertz CT molecular complexity index is 465. The molecule has 5 heteroatoms. The number of benzene rings is 1. The van der Waals surface area contributed by atoms with Crippen molar-refractivity contribution in [2.75, 3.05) is 6.54 Å². The lowest BCUT2D eigenvalue weighted by Gasteiger charge is -2.25. The van der Waals surface area contributed by atoms with Gasteiger partial charge in [-0.15, -0.1) is 12.4 Å². The molecular weight excluding hydrogens is 288 g/mol. The number of hydrogen-bond acceptors (Lipinski definition) is 3. The molecule has 2 aliphatic rings. The van der Waals surface area contributed by atoms with Crippen LogP contribution in [0.3, 0.4) is 0 Å². The first-order chi connectivity index (χ1) is 9.78. The minimum atomic E-state index is -0.284. The fraction of sp³-hybridized carbons (Fsp3) is 0.562. The van der Waals surface area contributed by atoms with Crippen molar-refractivity contribution in [2.24, 2.45) is 5.73 Å². The van der Waals surface area contributed by atoms with Gasteiger partial charge in [0.2, 0.25) is 0 Å². The van der Waals surface area contributed by atoms with E-state index in [1.54, 1.807) is 0 Å². The molecule has 1 amide bonds. The minimum absolute atomic E-state index is 0. The number of nitrogens with two attached hydrogens (primary N) is 1. The summed E-state index contributed by atoms with van der Waals surface area (Å²) in [5.74, 6) is 0.146. The molecule has 116 valence electrons. The van der Waals surface area contributed by atoms with Crippen LogP contribution in [0.25, 0.3) is 0 Å². The molecule has 2 fully saturated rings. The van der Waals surface area contributed by atoms with E-state index in [2.05, 4.69) is 12.1 Å². The largest absolute Gasteiger partial charge is 0.364 e. The highest BCUT2D eigenvalue weighted by molar-refractivity contribution is 5.85. The van der Waals surface area contributed by atoms with Crippen LogP contribution in [0.5, 0.6) is 0 Å². The second-order valence-electron chi connectivity index (χ2n) is 5.74. The Hall–Kier alpha value is -1.10. The lowest BCUT2D eigenvalue weighted by molar-refractivity contribution is -0.144. The van der Waals surface area contributed by atoms with E-state index in [1.807, 2.05) is 23.1 Å². The number of carbonyl (C=O) groups is 1. The summed E-state index contributed by atoms with van der Waals surface area (Å²) in [4.78, 5) is 14.7. The smallest absolute Gasteiger partial charge is 0.252 e. The fourth-order valence-corrected chi connectivity index (χ4v) is 2.80. The monoisotopic (exact) mass is 310 g/mol. The molecule has 1 aliphatic carbocycles. The molecule has 0 bridgehead atoms. The number of hydrogen-bond donors (Lipinski definition) is 1. The molecule has 21 heavy (non-hydrogen) atoms. The summed E-state index contributed by atoms with van der Waals surface area (Å²) in [7, 11) is 0. The number of amides is 1. The molecular formula is C16H23ClN2O2. The van der Waals surface area contributed by atoms with Crippen molar-refractivity contribution in [1.29, 1.82) is 0 Å². The van der Waals surface area contributed by atoms with Crippen LogP contribution in [0.2, 0.25) is 0 Å². The molecule has 2 N–H and O–H groups in total. The molecule has 0 unspecified atom stereocenters. The van der Waals surface area contributed by atoms with Crippen LogP contribution in [0.15, 0.2) is 30.3 Å². The van der Waals surface area contributed by atoms with Crippen LogP contribution in [0.1, 0.15) is 31.2 Å². The van der Waals surface area contributed by atoms with Crippen molar-refractivity contribution in [3.05, 3.63) is 35.9 Å². The molecule has 2 atom stereocenters. The van der Waals surface area contributed by atoms with E-state index in [-0.39, 0.29) is 30.5 Å². The molecule has 3 rings (SSSR count). The maximum Gasteiger partial charge on any atom is 0.252 e. The van der Waals surface area contributed by atoms with E-state index in [1.165, 1.54) is 5.56 Å². The van der Waals surface area contributed by atoms with Crippen molar-refractivity contribution in [3.8, 4) is 0 Å². The SMILES string of the molecule is Cl.NC[C@H]1CC[C@@H](C(=O)N(Cc2ccccc2)C2CC2)O1. The molecule has 4 nitrogen and oxygen atoms in total. The van der Waals surface area contributed by atoms with E-state index in [0.29, 0.717) is 19.1 Å². The fourth-order valence-electron chi connectivity index (χ4n) is 2.80. The third-order valence-corrected chi connectivity index (χ3v) is 4.11. The van der Waals surface area contributed by atoms with Crippen LogP contribution in [0, 0.1) is 0 Å². The van der Waals surface area contributed by atoms with Crippen molar-refractivity contribution in [2.45, 2.75) is 50.5 Å². The number of halogens is 1. The predicted octanol–water partition coefficient (Wildman–Crippen LogP) is 2.11. The van der Waals surface area contributed by atoms with Gasteiger partial charge in [0.15, 0.2) is 0 Å². The number of rotatable bonds is 5. The summed E-state index contributed by atoms with van der Waals surface area (Å²) in [6, 6.07) is 10.6. The summed E-state index contributed by atoms with van der Waals surface area (Å²) >= 11 is 0. The van der Waals surface area contributed by atoms with Crippen LogP contribution in [-0.4, -0.2) is 35.6 Å². The third-order valence-electron chi connectivity index (χ3n) is 4.11. The number of ether oxygens (including phenoxy) is 1. The Balaban J connectivity index is 0.00000161. The molecule has 1 aliphatic heterocycles. The minimum Gasteiger partial charge on any atom is -0.364 e. The van der Waals surface area contributed by atoms with Gasteiger partial charge in [-0.05, 0) is 31.2 Å². The van der Waals surface area contributed by atoms with E-state index in [4.69, 9.17) is 10.5 Å². The average molecular weight is 311 g/mol. The zero-order valence-corrected chi connectivity index (χ0v) is 12.9. The van der Waals surface area contributed by atoms with Crippen LogP contribution in [0.4, 0.5) is 0 Å². The van der Waals surface area contributed by atoms with E-state index >= 15 is 0 Å². The summed E-state index contributed by atoms with van der Waals surface area (Å²) in [6.07, 6.45) is 3.71. The molecule has 1 saturated heterocycles. The maximum atomic E-state index is 12.7. The highest BCUT2D eigenvalue weighted by Crippen LogP contribution is 2.31. The van der Waals surface area contributed by atoms with Crippen molar-refractivity contribution < 1.29 is 9.53 Å². The summed E-state index contributed by atoms with van der Waals surface area (Å²) in [5.41, 5.74) is 6.80. The van der Waals surface area contributed by atoms with E-state index in [9.17, 15) is 4.79 Å². The van der Waals surface area contributed by atoms with Gasteiger partial charge in [-0.25, -0.2) is 0 Å². The Labute approximate surface area is 132 Å². The van der Waals surface area contributed by atoms with Crippen LogP contribution < -0.4 is 5.73 Å². The highest BCUT2D eigenvalue weighted by atomic mass is 35.5.